The van der Waals surface area contributed by atoms with Crippen LogP contribution in [0.2, 0.25) is 0 Å². The molecule has 1 aromatic heterocycles. The van der Waals surface area contributed by atoms with Crippen LogP contribution in [0.25, 0.3) is 0 Å². The highest BCUT2D eigenvalue weighted by molar-refractivity contribution is 5.90. The molecule has 3 rings (SSSR count). The van der Waals surface area contributed by atoms with Crippen molar-refractivity contribution >= 4 is 11.7 Å². The normalized spacial score (nSPS) is 15.3. The third kappa shape index (κ3) is 5.05. The molecule has 9 heteroatoms. The van der Waals surface area contributed by atoms with E-state index in [9.17, 15) is 18.0 Å². The Kier molecular flexibility index (Phi) is 5.95. The van der Waals surface area contributed by atoms with Crippen LogP contribution in [0.5, 0.6) is 0 Å². The van der Waals surface area contributed by atoms with E-state index in [0.717, 1.165) is 5.56 Å². The third-order valence-corrected chi connectivity index (χ3v) is 4.44. The van der Waals surface area contributed by atoms with Gasteiger partial charge in [0.2, 0.25) is 0 Å². The molecular formula is C19H22F3N3O3. The number of anilines is 1. The van der Waals surface area contributed by atoms with Crippen LogP contribution in [0.3, 0.4) is 0 Å². The van der Waals surface area contributed by atoms with Crippen LogP contribution in [0, 0.1) is 6.92 Å². The highest BCUT2D eigenvalue weighted by Gasteiger charge is 2.34. The van der Waals surface area contributed by atoms with Crippen LogP contribution in [0.1, 0.15) is 28.7 Å². The number of methoxy groups -OCH3 is 1. The number of rotatable bonds is 6. The quantitative estimate of drug-likeness (QED) is 0.774. The first kappa shape index (κ1) is 20.2. The summed E-state index contributed by atoms with van der Waals surface area (Å²) in [4.78, 5) is 13.8. The molecule has 2 N–H and O–H groups in total. The van der Waals surface area contributed by atoms with E-state index in [1.54, 1.807) is 37.3 Å². The molecular weight excluding hydrogens is 375 g/mol. The topological polar surface area (TPSA) is 66.7 Å². The number of alkyl halides is 3. The summed E-state index contributed by atoms with van der Waals surface area (Å²) in [6.45, 7) is 1.36. The predicted molar refractivity (Wildman–Crippen MR) is 96.8 cm³/mol. The molecule has 6 nitrogen and oxygen atoms in total. The number of furan rings is 1. The van der Waals surface area contributed by atoms with Crippen molar-refractivity contribution in [2.75, 3.05) is 25.6 Å². The van der Waals surface area contributed by atoms with Crippen molar-refractivity contribution in [3.05, 3.63) is 53.0 Å². The SMILES string of the molecule is COC[C@H](NC(=O)Nc1cccc2c1CN(CC(F)(F)F)C2)c1ccc(C)o1. The zero-order chi connectivity index (χ0) is 20.3. The molecule has 152 valence electrons. The number of amides is 2. The van der Waals surface area contributed by atoms with Crippen molar-refractivity contribution in [2.24, 2.45) is 0 Å². The zero-order valence-electron chi connectivity index (χ0n) is 15.6. The lowest BCUT2D eigenvalue weighted by molar-refractivity contribution is -0.146. The van der Waals surface area contributed by atoms with Crippen molar-refractivity contribution in [3.8, 4) is 0 Å². The Morgan fingerprint density at radius 3 is 2.71 bits per heavy atom. The molecule has 1 atom stereocenters. The minimum atomic E-state index is -4.26. The Morgan fingerprint density at radius 1 is 1.29 bits per heavy atom. The summed E-state index contributed by atoms with van der Waals surface area (Å²) >= 11 is 0. The van der Waals surface area contributed by atoms with Gasteiger partial charge in [0, 0.05) is 25.9 Å². The number of fused-ring (bicyclic) bond motifs is 1. The van der Waals surface area contributed by atoms with E-state index in [2.05, 4.69) is 10.6 Å². The summed E-state index contributed by atoms with van der Waals surface area (Å²) in [6, 6.07) is 7.74. The van der Waals surface area contributed by atoms with E-state index in [1.165, 1.54) is 12.0 Å². The van der Waals surface area contributed by atoms with Gasteiger partial charge in [-0.1, -0.05) is 12.1 Å². The Morgan fingerprint density at radius 2 is 2.07 bits per heavy atom. The second-order valence-corrected chi connectivity index (χ2v) is 6.76. The monoisotopic (exact) mass is 397 g/mol. The number of urea groups is 1. The number of hydrogen-bond acceptors (Lipinski definition) is 4. The molecule has 28 heavy (non-hydrogen) atoms. The molecule has 1 aromatic carbocycles. The largest absolute Gasteiger partial charge is 0.464 e. The highest BCUT2D eigenvalue weighted by atomic mass is 19.4. The molecule has 0 saturated carbocycles. The van der Waals surface area contributed by atoms with Crippen molar-refractivity contribution in [1.82, 2.24) is 10.2 Å². The lowest BCUT2D eigenvalue weighted by Gasteiger charge is -2.18. The maximum atomic E-state index is 12.7. The first-order chi connectivity index (χ1) is 13.2. The maximum absolute atomic E-state index is 12.7. The lowest BCUT2D eigenvalue weighted by Crippen LogP contribution is -2.35. The summed E-state index contributed by atoms with van der Waals surface area (Å²) in [6.07, 6.45) is -4.26. The molecule has 2 amide bonds. The van der Waals surface area contributed by atoms with E-state index >= 15 is 0 Å². The second-order valence-electron chi connectivity index (χ2n) is 6.76. The lowest BCUT2D eigenvalue weighted by atomic mass is 10.1. The van der Waals surface area contributed by atoms with Gasteiger partial charge in [0.1, 0.15) is 17.6 Å². The zero-order valence-corrected chi connectivity index (χ0v) is 15.6. The molecule has 0 fully saturated rings. The summed E-state index contributed by atoms with van der Waals surface area (Å²) in [7, 11) is 1.52. The van der Waals surface area contributed by atoms with Crippen LogP contribution >= 0.6 is 0 Å². The van der Waals surface area contributed by atoms with Crippen molar-refractivity contribution in [2.45, 2.75) is 32.2 Å². The van der Waals surface area contributed by atoms with Crippen LogP contribution in [0.4, 0.5) is 23.7 Å². The number of carbonyl (C=O) groups excluding carboxylic acids is 1. The van der Waals surface area contributed by atoms with Gasteiger partial charge in [-0.05, 0) is 36.2 Å². The molecule has 0 unspecified atom stereocenters. The van der Waals surface area contributed by atoms with Crippen LogP contribution < -0.4 is 10.6 Å². The van der Waals surface area contributed by atoms with Gasteiger partial charge in [-0.15, -0.1) is 0 Å². The Hall–Kier alpha value is -2.52. The van der Waals surface area contributed by atoms with Gasteiger partial charge in [0.25, 0.3) is 0 Å². The number of aryl methyl sites for hydroxylation is 1. The third-order valence-electron chi connectivity index (χ3n) is 4.44. The van der Waals surface area contributed by atoms with Gasteiger partial charge in [-0.3, -0.25) is 4.90 Å². The van der Waals surface area contributed by atoms with E-state index in [1.807, 2.05) is 0 Å². The average molecular weight is 397 g/mol. The number of hydrogen-bond donors (Lipinski definition) is 2. The van der Waals surface area contributed by atoms with Crippen molar-refractivity contribution in [1.29, 1.82) is 0 Å². The number of nitrogens with one attached hydrogen (secondary N) is 2. The molecule has 0 spiro atoms. The summed E-state index contributed by atoms with van der Waals surface area (Å²) in [5.41, 5.74) is 1.96. The molecule has 1 aliphatic heterocycles. The molecule has 0 bridgehead atoms. The van der Waals surface area contributed by atoms with E-state index in [0.29, 0.717) is 22.8 Å². The van der Waals surface area contributed by atoms with Gasteiger partial charge in [0.15, 0.2) is 0 Å². The number of nitrogens with zero attached hydrogens (tertiary/aromatic N) is 1. The second kappa shape index (κ2) is 8.24. The Balaban J connectivity index is 1.68. The highest BCUT2D eigenvalue weighted by Crippen LogP contribution is 2.31. The molecule has 2 heterocycles. The number of halogens is 3. The number of ether oxygens (including phenoxy) is 1. The fraction of sp³-hybridized carbons (Fsp3) is 0.421. The molecule has 0 radical (unpaired) electrons. The van der Waals surface area contributed by atoms with Crippen LogP contribution in [-0.2, 0) is 17.8 Å². The van der Waals surface area contributed by atoms with Gasteiger partial charge in [-0.2, -0.15) is 13.2 Å². The minimum Gasteiger partial charge on any atom is -0.464 e. The molecule has 0 saturated heterocycles. The smallest absolute Gasteiger partial charge is 0.401 e. The number of benzene rings is 1. The van der Waals surface area contributed by atoms with Crippen molar-refractivity contribution in [3.63, 3.8) is 0 Å². The number of carbonyl (C=O) groups is 1. The summed E-state index contributed by atoms with van der Waals surface area (Å²) < 4.78 is 48.7. The Bertz CT molecular complexity index is 835. The first-order valence-electron chi connectivity index (χ1n) is 8.78. The van der Waals surface area contributed by atoms with E-state index in [4.69, 9.17) is 9.15 Å². The first-order valence-corrected chi connectivity index (χ1v) is 8.78. The standard InChI is InChI=1S/C19H22F3N3O3/c1-12-6-7-17(28-12)16(10-27-2)24-18(26)23-15-5-3-4-13-8-25(9-14(13)15)11-19(20,21)22/h3-7,16H,8-11H2,1-2H3,(H2,23,24,26)/t16-/m0/s1. The fourth-order valence-electron chi connectivity index (χ4n) is 3.29. The van der Waals surface area contributed by atoms with Gasteiger partial charge >= 0.3 is 12.2 Å². The van der Waals surface area contributed by atoms with E-state index < -0.39 is 24.8 Å². The van der Waals surface area contributed by atoms with Crippen molar-refractivity contribution < 1.29 is 27.1 Å². The van der Waals surface area contributed by atoms with Crippen LogP contribution in [0.15, 0.2) is 34.7 Å². The summed E-state index contributed by atoms with van der Waals surface area (Å²) in [5, 5.41) is 5.51. The Labute approximate surface area is 160 Å². The molecule has 0 aliphatic carbocycles. The summed E-state index contributed by atoms with van der Waals surface area (Å²) in [5.74, 6) is 1.27. The van der Waals surface area contributed by atoms with Gasteiger partial charge in [0.05, 0.1) is 13.2 Å². The van der Waals surface area contributed by atoms with Gasteiger partial charge < -0.3 is 19.8 Å². The minimum absolute atomic E-state index is 0.129. The molecule has 2 aromatic rings. The van der Waals surface area contributed by atoms with Gasteiger partial charge in [-0.25, -0.2) is 4.79 Å². The maximum Gasteiger partial charge on any atom is 0.401 e. The predicted octanol–water partition coefficient (Wildman–Crippen LogP) is 3.98. The fourth-order valence-corrected chi connectivity index (χ4v) is 3.29. The van der Waals surface area contributed by atoms with Crippen LogP contribution in [-0.4, -0.2) is 37.4 Å². The van der Waals surface area contributed by atoms with E-state index in [-0.39, 0.29) is 19.7 Å². The molecule has 1 aliphatic rings. The average Bonchev–Trinajstić information content (AvgIpc) is 3.19.